The van der Waals surface area contributed by atoms with Crippen molar-refractivity contribution in [3.05, 3.63) is 0 Å². The van der Waals surface area contributed by atoms with E-state index >= 15 is 0 Å². The third-order valence-electron chi connectivity index (χ3n) is 2.38. The van der Waals surface area contributed by atoms with Crippen LogP contribution in [0.4, 0.5) is 0 Å². The van der Waals surface area contributed by atoms with E-state index in [2.05, 4.69) is 13.8 Å². The maximum absolute atomic E-state index is 11.9. The van der Waals surface area contributed by atoms with Crippen LogP contribution in [-0.4, -0.2) is 5.78 Å². The molecular formula is C12H24O. The third-order valence-corrected chi connectivity index (χ3v) is 2.38. The zero-order valence-corrected chi connectivity index (χ0v) is 9.81. The van der Waals surface area contributed by atoms with E-state index in [1.54, 1.807) is 0 Å². The molecule has 0 spiro atoms. The van der Waals surface area contributed by atoms with Crippen molar-refractivity contribution < 1.29 is 4.79 Å². The Morgan fingerprint density at radius 2 is 1.46 bits per heavy atom. The van der Waals surface area contributed by atoms with Crippen LogP contribution in [0.2, 0.25) is 0 Å². The van der Waals surface area contributed by atoms with Crippen LogP contribution in [0.3, 0.4) is 0 Å². The number of Topliss-reactive ketones (excluding diaryl/α,β-unsaturated/α-hetero) is 1. The summed E-state index contributed by atoms with van der Waals surface area (Å²) in [5.74, 6) is 0.742. The quantitative estimate of drug-likeness (QED) is 0.635. The van der Waals surface area contributed by atoms with Gasteiger partial charge >= 0.3 is 0 Å². The lowest BCUT2D eigenvalue weighted by atomic mass is 9.79. The molecule has 78 valence electrons. The van der Waals surface area contributed by atoms with Crippen molar-refractivity contribution in [2.75, 3.05) is 0 Å². The highest BCUT2D eigenvalue weighted by molar-refractivity contribution is 5.85. The molecule has 0 aliphatic heterocycles. The van der Waals surface area contributed by atoms with E-state index in [4.69, 9.17) is 0 Å². The van der Waals surface area contributed by atoms with Crippen LogP contribution >= 0.6 is 0 Å². The smallest absolute Gasteiger partial charge is 0.141 e. The standard InChI is InChI=1S/C12H24O/c1-6-8-10(9-7-2)11(13)12(3,4)5/h10H,6-9H2,1-5H3. The summed E-state index contributed by atoms with van der Waals surface area (Å²) in [6.07, 6.45) is 4.35. The first kappa shape index (κ1) is 12.7. The van der Waals surface area contributed by atoms with Crippen molar-refractivity contribution in [2.45, 2.75) is 60.3 Å². The summed E-state index contributed by atoms with van der Waals surface area (Å²) in [5, 5.41) is 0. The Bertz CT molecular complexity index is 147. The molecule has 0 saturated heterocycles. The van der Waals surface area contributed by atoms with Crippen LogP contribution in [0.1, 0.15) is 60.3 Å². The number of hydrogen-bond donors (Lipinski definition) is 0. The number of carbonyl (C=O) groups is 1. The second-order valence-electron chi connectivity index (χ2n) is 4.89. The van der Waals surface area contributed by atoms with Gasteiger partial charge in [-0.1, -0.05) is 47.5 Å². The Morgan fingerprint density at radius 1 is 1.08 bits per heavy atom. The van der Waals surface area contributed by atoms with Gasteiger partial charge in [-0.05, 0) is 12.8 Å². The monoisotopic (exact) mass is 184 g/mol. The summed E-state index contributed by atoms with van der Waals surface area (Å²) in [4.78, 5) is 11.9. The summed E-state index contributed by atoms with van der Waals surface area (Å²) in [6.45, 7) is 10.4. The average Bonchev–Trinajstić information content (AvgIpc) is 2.01. The maximum atomic E-state index is 11.9. The Kier molecular flexibility index (Phi) is 5.27. The maximum Gasteiger partial charge on any atom is 0.141 e. The van der Waals surface area contributed by atoms with Gasteiger partial charge in [0.1, 0.15) is 5.78 Å². The van der Waals surface area contributed by atoms with Gasteiger partial charge in [-0.2, -0.15) is 0 Å². The van der Waals surface area contributed by atoms with Gasteiger partial charge < -0.3 is 0 Å². The highest BCUT2D eigenvalue weighted by atomic mass is 16.1. The lowest BCUT2D eigenvalue weighted by Crippen LogP contribution is -2.28. The normalized spacial score (nSPS) is 12.2. The molecular weight excluding hydrogens is 160 g/mol. The lowest BCUT2D eigenvalue weighted by Gasteiger charge is -2.23. The first-order valence-corrected chi connectivity index (χ1v) is 5.47. The van der Waals surface area contributed by atoms with Gasteiger partial charge in [-0.15, -0.1) is 0 Å². The van der Waals surface area contributed by atoms with Crippen LogP contribution in [0.15, 0.2) is 0 Å². The first-order valence-electron chi connectivity index (χ1n) is 5.47. The van der Waals surface area contributed by atoms with E-state index in [0.29, 0.717) is 11.7 Å². The van der Waals surface area contributed by atoms with E-state index in [0.717, 1.165) is 25.7 Å². The minimum atomic E-state index is -0.158. The fourth-order valence-electron chi connectivity index (χ4n) is 1.72. The van der Waals surface area contributed by atoms with E-state index in [-0.39, 0.29) is 5.41 Å². The summed E-state index contributed by atoms with van der Waals surface area (Å²) in [7, 11) is 0. The third kappa shape index (κ3) is 4.44. The molecule has 0 heterocycles. The van der Waals surface area contributed by atoms with Crippen molar-refractivity contribution in [3.8, 4) is 0 Å². The Balaban J connectivity index is 4.27. The van der Waals surface area contributed by atoms with Crippen LogP contribution < -0.4 is 0 Å². The number of ketones is 1. The number of carbonyl (C=O) groups excluding carboxylic acids is 1. The molecule has 0 aromatic carbocycles. The van der Waals surface area contributed by atoms with Crippen molar-refractivity contribution in [3.63, 3.8) is 0 Å². The van der Waals surface area contributed by atoms with E-state index < -0.39 is 0 Å². The molecule has 0 aromatic rings. The first-order chi connectivity index (χ1) is 5.93. The summed E-state index contributed by atoms with van der Waals surface area (Å²) in [6, 6.07) is 0. The van der Waals surface area contributed by atoms with Gasteiger partial charge in [0, 0.05) is 11.3 Å². The van der Waals surface area contributed by atoms with Crippen molar-refractivity contribution in [1.82, 2.24) is 0 Å². The number of hydrogen-bond acceptors (Lipinski definition) is 1. The molecule has 1 heteroatoms. The Labute approximate surface area is 82.9 Å². The summed E-state index contributed by atoms with van der Waals surface area (Å²) < 4.78 is 0. The highest BCUT2D eigenvalue weighted by Gasteiger charge is 2.27. The van der Waals surface area contributed by atoms with Gasteiger partial charge in [0.2, 0.25) is 0 Å². The molecule has 0 rings (SSSR count). The Hall–Kier alpha value is -0.330. The van der Waals surface area contributed by atoms with E-state index in [1.807, 2.05) is 20.8 Å². The lowest BCUT2D eigenvalue weighted by molar-refractivity contribution is -0.130. The van der Waals surface area contributed by atoms with Crippen LogP contribution in [0.25, 0.3) is 0 Å². The largest absolute Gasteiger partial charge is 0.299 e. The molecule has 0 saturated carbocycles. The molecule has 0 bridgehead atoms. The molecule has 1 nitrogen and oxygen atoms in total. The van der Waals surface area contributed by atoms with Gasteiger partial charge in [-0.25, -0.2) is 0 Å². The molecule has 0 unspecified atom stereocenters. The van der Waals surface area contributed by atoms with Crippen LogP contribution in [-0.2, 0) is 4.79 Å². The van der Waals surface area contributed by atoms with Crippen LogP contribution in [0, 0.1) is 11.3 Å². The molecule has 0 fully saturated rings. The van der Waals surface area contributed by atoms with Gasteiger partial charge in [-0.3, -0.25) is 4.79 Å². The van der Waals surface area contributed by atoms with E-state index in [1.165, 1.54) is 0 Å². The van der Waals surface area contributed by atoms with Crippen molar-refractivity contribution >= 4 is 5.78 Å². The van der Waals surface area contributed by atoms with Gasteiger partial charge in [0.05, 0.1) is 0 Å². The zero-order chi connectivity index (χ0) is 10.5. The highest BCUT2D eigenvalue weighted by Crippen LogP contribution is 2.26. The zero-order valence-electron chi connectivity index (χ0n) is 9.81. The number of rotatable bonds is 5. The molecule has 0 N–H and O–H groups in total. The van der Waals surface area contributed by atoms with Gasteiger partial charge in [0.15, 0.2) is 0 Å². The second-order valence-corrected chi connectivity index (χ2v) is 4.89. The molecule has 0 radical (unpaired) electrons. The molecule has 0 amide bonds. The van der Waals surface area contributed by atoms with Crippen LogP contribution in [0.5, 0.6) is 0 Å². The minimum Gasteiger partial charge on any atom is -0.299 e. The molecule has 0 aliphatic carbocycles. The molecule has 13 heavy (non-hydrogen) atoms. The minimum absolute atomic E-state index is 0.158. The predicted octanol–water partition coefficient (Wildman–Crippen LogP) is 3.82. The molecule has 0 aromatic heterocycles. The fourth-order valence-corrected chi connectivity index (χ4v) is 1.72. The van der Waals surface area contributed by atoms with Crippen molar-refractivity contribution in [1.29, 1.82) is 0 Å². The van der Waals surface area contributed by atoms with Gasteiger partial charge in [0.25, 0.3) is 0 Å². The fraction of sp³-hybridized carbons (Fsp3) is 0.917. The molecule has 0 atom stereocenters. The van der Waals surface area contributed by atoms with Crippen molar-refractivity contribution in [2.24, 2.45) is 11.3 Å². The predicted molar refractivity (Wildman–Crippen MR) is 57.8 cm³/mol. The topological polar surface area (TPSA) is 17.1 Å². The second kappa shape index (κ2) is 5.41. The van der Waals surface area contributed by atoms with E-state index in [9.17, 15) is 4.79 Å². The Morgan fingerprint density at radius 3 is 1.69 bits per heavy atom. The molecule has 0 aliphatic rings. The average molecular weight is 184 g/mol. The summed E-state index contributed by atoms with van der Waals surface area (Å²) >= 11 is 0. The SMILES string of the molecule is CCCC(CCC)C(=O)C(C)(C)C. The summed E-state index contributed by atoms with van der Waals surface area (Å²) in [5.41, 5.74) is -0.158.